The van der Waals surface area contributed by atoms with Gasteiger partial charge in [0.15, 0.2) is 0 Å². The van der Waals surface area contributed by atoms with E-state index in [0.29, 0.717) is 12.8 Å². The first-order chi connectivity index (χ1) is 13.0. The molecule has 1 amide bonds. The molecule has 4 nitrogen and oxygen atoms in total. The number of rotatable bonds is 7. The molecule has 0 aliphatic carbocycles. The molecule has 0 aliphatic rings. The van der Waals surface area contributed by atoms with Gasteiger partial charge in [0.2, 0.25) is 5.91 Å². The second kappa shape index (κ2) is 8.49. The molecule has 3 rings (SSSR count). The standard InChI is InChI=1S/C23H23NO3/c1-16(20-13-6-10-18-9-2-3-12-21(18)20)23(27)24-19-11-4-7-17(15-19)8-5-14-22(25)26/h2-4,6-7,9-13,15-16H,5,8,14H2,1H3,(H,24,27)(H,25,26). The lowest BCUT2D eigenvalue weighted by molar-refractivity contribution is -0.137. The van der Waals surface area contributed by atoms with Crippen LogP contribution in [0.5, 0.6) is 0 Å². The predicted molar refractivity (Wildman–Crippen MR) is 108 cm³/mol. The number of hydrogen-bond donors (Lipinski definition) is 2. The van der Waals surface area contributed by atoms with Gasteiger partial charge in [0.05, 0.1) is 5.92 Å². The number of carbonyl (C=O) groups is 2. The molecular weight excluding hydrogens is 338 g/mol. The van der Waals surface area contributed by atoms with Crippen LogP contribution in [-0.4, -0.2) is 17.0 Å². The van der Waals surface area contributed by atoms with Crippen LogP contribution in [0, 0.1) is 0 Å². The minimum atomic E-state index is -0.789. The smallest absolute Gasteiger partial charge is 0.303 e. The number of carboxylic acids is 1. The lowest BCUT2D eigenvalue weighted by atomic mass is 9.94. The summed E-state index contributed by atoms with van der Waals surface area (Å²) in [5, 5.41) is 14.0. The minimum Gasteiger partial charge on any atom is -0.481 e. The van der Waals surface area contributed by atoms with Gasteiger partial charge in [-0.3, -0.25) is 9.59 Å². The Kier molecular flexibility index (Phi) is 5.87. The molecule has 0 aliphatic heterocycles. The van der Waals surface area contributed by atoms with Crippen LogP contribution in [0.3, 0.4) is 0 Å². The maximum atomic E-state index is 12.8. The van der Waals surface area contributed by atoms with E-state index in [2.05, 4.69) is 5.32 Å². The highest BCUT2D eigenvalue weighted by molar-refractivity contribution is 5.99. The summed E-state index contributed by atoms with van der Waals surface area (Å²) in [5.41, 5.74) is 2.76. The molecule has 27 heavy (non-hydrogen) atoms. The molecule has 0 saturated heterocycles. The lowest BCUT2D eigenvalue weighted by Crippen LogP contribution is -2.19. The fraction of sp³-hybridized carbons (Fsp3) is 0.217. The second-order valence-electron chi connectivity index (χ2n) is 6.73. The monoisotopic (exact) mass is 361 g/mol. The summed E-state index contributed by atoms with van der Waals surface area (Å²) in [6, 6.07) is 21.7. The molecule has 3 aromatic rings. The molecule has 0 heterocycles. The Morgan fingerprint density at radius 2 is 1.74 bits per heavy atom. The van der Waals surface area contributed by atoms with Gasteiger partial charge in [-0.05, 0) is 53.8 Å². The molecule has 3 aromatic carbocycles. The van der Waals surface area contributed by atoms with E-state index in [-0.39, 0.29) is 18.2 Å². The SMILES string of the molecule is CC(C(=O)Nc1cccc(CCCC(=O)O)c1)c1cccc2ccccc12. The molecule has 0 spiro atoms. The molecule has 1 unspecified atom stereocenters. The van der Waals surface area contributed by atoms with Crippen LogP contribution in [0.15, 0.2) is 66.7 Å². The zero-order valence-corrected chi connectivity index (χ0v) is 15.3. The fourth-order valence-electron chi connectivity index (χ4n) is 3.27. The van der Waals surface area contributed by atoms with Crippen LogP contribution < -0.4 is 5.32 Å². The number of fused-ring (bicyclic) bond motifs is 1. The van der Waals surface area contributed by atoms with Gasteiger partial charge in [-0.25, -0.2) is 0 Å². The van der Waals surface area contributed by atoms with Crippen molar-refractivity contribution in [2.45, 2.75) is 32.1 Å². The third-order valence-electron chi connectivity index (χ3n) is 4.73. The number of nitrogens with one attached hydrogen (secondary N) is 1. The number of aryl methyl sites for hydroxylation is 1. The van der Waals surface area contributed by atoms with E-state index < -0.39 is 5.97 Å². The lowest BCUT2D eigenvalue weighted by Gasteiger charge is -2.15. The summed E-state index contributed by atoms with van der Waals surface area (Å²) in [5.74, 6) is -1.14. The number of carboxylic acid groups (broad SMARTS) is 1. The Morgan fingerprint density at radius 3 is 2.56 bits per heavy atom. The van der Waals surface area contributed by atoms with Crippen LogP contribution in [0.2, 0.25) is 0 Å². The quantitative estimate of drug-likeness (QED) is 0.623. The summed E-state index contributed by atoms with van der Waals surface area (Å²) in [7, 11) is 0. The van der Waals surface area contributed by atoms with Gasteiger partial charge in [0.25, 0.3) is 0 Å². The van der Waals surface area contributed by atoms with Crippen molar-refractivity contribution in [1.82, 2.24) is 0 Å². The van der Waals surface area contributed by atoms with Crippen molar-refractivity contribution in [1.29, 1.82) is 0 Å². The Balaban J connectivity index is 1.72. The molecule has 0 radical (unpaired) electrons. The number of aliphatic carboxylic acids is 1. The molecule has 138 valence electrons. The van der Waals surface area contributed by atoms with Crippen molar-refractivity contribution >= 4 is 28.3 Å². The van der Waals surface area contributed by atoms with Crippen molar-refractivity contribution in [3.05, 3.63) is 77.9 Å². The molecule has 4 heteroatoms. The predicted octanol–water partition coefficient (Wildman–Crippen LogP) is 4.99. The maximum Gasteiger partial charge on any atom is 0.303 e. The molecule has 0 bridgehead atoms. The number of amides is 1. The van der Waals surface area contributed by atoms with Gasteiger partial charge in [0, 0.05) is 12.1 Å². The van der Waals surface area contributed by atoms with Crippen LogP contribution >= 0.6 is 0 Å². The molecular formula is C23H23NO3. The number of benzene rings is 3. The number of carbonyl (C=O) groups excluding carboxylic acids is 1. The van der Waals surface area contributed by atoms with Crippen molar-refractivity contribution in [2.75, 3.05) is 5.32 Å². The van der Waals surface area contributed by atoms with Crippen LogP contribution in [0.4, 0.5) is 5.69 Å². The van der Waals surface area contributed by atoms with Gasteiger partial charge in [-0.15, -0.1) is 0 Å². The molecule has 0 fully saturated rings. The van der Waals surface area contributed by atoms with E-state index in [9.17, 15) is 9.59 Å². The number of anilines is 1. The third kappa shape index (κ3) is 4.73. The normalized spacial score (nSPS) is 11.9. The Labute approximate surface area is 158 Å². The molecule has 1 atom stereocenters. The van der Waals surface area contributed by atoms with Crippen LogP contribution in [0.25, 0.3) is 10.8 Å². The van der Waals surface area contributed by atoms with E-state index in [1.165, 1.54) is 0 Å². The summed E-state index contributed by atoms with van der Waals surface area (Å²) in [4.78, 5) is 23.4. The summed E-state index contributed by atoms with van der Waals surface area (Å²) in [6.07, 6.45) is 1.41. The second-order valence-corrected chi connectivity index (χ2v) is 6.73. The summed E-state index contributed by atoms with van der Waals surface area (Å²) in [6.45, 7) is 1.91. The average molecular weight is 361 g/mol. The average Bonchev–Trinajstić information content (AvgIpc) is 2.67. The van der Waals surface area contributed by atoms with E-state index in [0.717, 1.165) is 27.6 Å². The van der Waals surface area contributed by atoms with E-state index in [1.54, 1.807) is 0 Å². The molecule has 2 N–H and O–H groups in total. The molecule has 0 aromatic heterocycles. The zero-order chi connectivity index (χ0) is 19.2. The third-order valence-corrected chi connectivity index (χ3v) is 4.73. The highest BCUT2D eigenvalue weighted by Crippen LogP contribution is 2.26. The van der Waals surface area contributed by atoms with E-state index in [4.69, 9.17) is 5.11 Å². The van der Waals surface area contributed by atoms with Gasteiger partial charge in [0.1, 0.15) is 0 Å². The highest BCUT2D eigenvalue weighted by atomic mass is 16.4. The highest BCUT2D eigenvalue weighted by Gasteiger charge is 2.17. The minimum absolute atomic E-state index is 0.0611. The first-order valence-corrected chi connectivity index (χ1v) is 9.14. The van der Waals surface area contributed by atoms with Gasteiger partial charge in [-0.2, -0.15) is 0 Å². The van der Waals surface area contributed by atoms with Crippen LogP contribution in [-0.2, 0) is 16.0 Å². The van der Waals surface area contributed by atoms with E-state index >= 15 is 0 Å². The maximum absolute atomic E-state index is 12.8. The topological polar surface area (TPSA) is 66.4 Å². The van der Waals surface area contributed by atoms with Crippen molar-refractivity contribution < 1.29 is 14.7 Å². The number of hydrogen-bond acceptors (Lipinski definition) is 2. The van der Waals surface area contributed by atoms with Gasteiger partial charge < -0.3 is 10.4 Å². The van der Waals surface area contributed by atoms with Crippen LogP contribution in [0.1, 0.15) is 36.8 Å². The van der Waals surface area contributed by atoms with Gasteiger partial charge in [-0.1, -0.05) is 54.6 Å². The summed E-state index contributed by atoms with van der Waals surface area (Å²) < 4.78 is 0. The molecule has 0 saturated carbocycles. The zero-order valence-electron chi connectivity index (χ0n) is 15.3. The fourth-order valence-corrected chi connectivity index (χ4v) is 3.27. The first kappa shape index (κ1) is 18.6. The Bertz CT molecular complexity index is 959. The van der Waals surface area contributed by atoms with Crippen molar-refractivity contribution in [3.8, 4) is 0 Å². The summed E-state index contributed by atoms with van der Waals surface area (Å²) >= 11 is 0. The van der Waals surface area contributed by atoms with E-state index in [1.807, 2.05) is 73.7 Å². The Morgan fingerprint density at radius 1 is 1.00 bits per heavy atom. The van der Waals surface area contributed by atoms with Gasteiger partial charge >= 0.3 is 5.97 Å². The first-order valence-electron chi connectivity index (χ1n) is 9.14. The van der Waals surface area contributed by atoms with Crippen molar-refractivity contribution in [3.63, 3.8) is 0 Å². The van der Waals surface area contributed by atoms with Crippen molar-refractivity contribution in [2.24, 2.45) is 0 Å². The largest absolute Gasteiger partial charge is 0.481 e. The Hall–Kier alpha value is -3.14.